The van der Waals surface area contributed by atoms with E-state index in [9.17, 15) is 0 Å². The van der Waals surface area contributed by atoms with Crippen molar-refractivity contribution in [2.45, 2.75) is 6.92 Å². The number of hydrogen-bond acceptors (Lipinski definition) is 3. The van der Waals surface area contributed by atoms with Crippen LogP contribution in [0.2, 0.25) is 0 Å². The summed E-state index contributed by atoms with van der Waals surface area (Å²) in [6.45, 7) is 1.97. The van der Waals surface area contributed by atoms with Gasteiger partial charge in [-0.3, -0.25) is 0 Å². The third kappa shape index (κ3) is 1.28. The molecule has 0 aliphatic heterocycles. The Bertz CT molecular complexity index is 421. The second kappa shape index (κ2) is 3.21. The lowest BCUT2D eigenvalue weighted by atomic mass is 10.3. The Balaban J connectivity index is 2.68. The lowest BCUT2D eigenvalue weighted by molar-refractivity contribution is 0.413. The van der Waals surface area contributed by atoms with Crippen molar-refractivity contribution in [2.75, 3.05) is 19.5 Å². The van der Waals surface area contributed by atoms with Crippen LogP contribution in [0.3, 0.4) is 0 Å². The predicted molar refractivity (Wildman–Crippen MR) is 56.0 cm³/mol. The molecule has 0 aromatic carbocycles. The molecular formula is C10H13N3O. The minimum Gasteiger partial charge on any atom is -0.493 e. The average Bonchev–Trinajstić information content (AvgIpc) is 2.54. The van der Waals surface area contributed by atoms with E-state index >= 15 is 0 Å². The lowest BCUT2D eigenvalue weighted by Gasteiger charge is -2.07. The molecule has 4 nitrogen and oxygen atoms in total. The third-order valence-electron chi connectivity index (χ3n) is 2.17. The van der Waals surface area contributed by atoms with Gasteiger partial charge in [0.25, 0.3) is 0 Å². The zero-order valence-electron chi connectivity index (χ0n) is 8.53. The normalized spacial score (nSPS) is 10.5. The van der Waals surface area contributed by atoms with Crippen LogP contribution in [-0.4, -0.2) is 23.8 Å². The Kier molecular flexibility index (Phi) is 2.04. The quantitative estimate of drug-likeness (QED) is 0.785. The zero-order valence-corrected chi connectivity index (χ0v) is 8.53. The Morgan fingerprint density at radius 1 is 1.43 bits per heavy atom. The molecule has 2 heterocycles. The molecule has 2 rings (SSSR count). The van der Waals surface area contributed by atoms with Gasteiger partial charge in [0.15, 0.2) is 5.75 Å². The van der Waals surface area contributed by atoms with E-state index in [2.05, 4.69) is 10.4 Å². The number of hydrogen-bond donors (Lipinski definition) is 1. The van der Waals surface area contributed by atoms with Gasteiger partial charge in [0, 0.05) is 7.05 Å². The van der Waals surface area contributed by atoms with E-state index in [1.807, 2.05) is 36.8 Å². The standard InChI is InChI=1S/C10H13N3O/c1-7-4-8-5-9(11-2)10(14-3)6-13(8)12-7/h4-6,11H,1-3H3. The number of pyridine rings is 1. The molecule has 0 saturated carbocycles. The molecule has 2 aromatic rings. The maximum Gasteiger partial charge on any atom is 0.160 e. The van der Waals surface area contributed by atoms with Crippen LogP contribution in [0.15, 0.2) is 18.3 Å². The molecule has 0 saturated heterocycles. The molecule has 4 heteroatoms. The van der Waals surface area contributed by atoms with Crippen LogP contribution in [0.1, 0.15) is 5.69 Å². The van der Waals surface area contributed by atoms with Crippen LogP contribution < -0.4 is 10.1 Å². The van der Waals surface area contributed by atoms with Crippen molar-refractivity contribution in [1.82, 2.24) is 9.61 Å². The minimum absolute atomic E-state index is 0.795. The van der Waals surface area contributed by atoms with Gasteiger partial charge in [-0.05, 0) is 19.1 Å². The van der Waals surface area contributed by atoms with Crippen LogP contribution >= 0.6 is 0 Å². The summed E-state index contributed by atoms with van der Waals surface area (Å²) in [4.78, 5) is 0. The van der Waals surface area contributed by atoms with Crippen molar-refractivity contribution in [2.24, 2.45) is 0 Å². The van der Waals surface area contributed by atoms with E-state index in [1.165, 1.54) is 0 Å². The van der Waals surface area contributed by atoms with Crippen LogP contribution in [-0.2, 0) is 0 Å². The van der Waals surface area contributed by atoms with E-state index in [0.29, 0.717) is 0 Å². The minimum atomic E-state index is 0.795. The van der Waals surface area contributed by atoms with Gasteiger partial charge < -0.3 is 10.1 Å². The molecule has 1 N–H and O–H groups in total. The van der Waals surface area contributed by atoms with E-state index < -0.39 is 0 Å². The number of nitrogens with one attached hydrogen (secondary N) is 1. The van der Waals surface area contributed by atoms with Crippen LogP contribution in [0.4, 0.5) is 5.69 Å². The van der Waals surface area contributed by atoms with E-state index in [1.54, 1.807) is 7.11 Å². The van der Waals surface area contributed by atoms with Crippen molar-refractivity contribution >= 4 is 11.2 Å². The van der Waals surface area contributed by atoms with Gasteiger partial charge in [0.1, 0.15) is 0 Å². The SMILES string of the molecule is CNc1cc2cc(C)nn2cc1OC. The number of methoxy groups -OCH3 is 1. The summed E-state index contributed by atoms with van der Waals surface area (Å²) in [6.07, 6.45) is 1.87. The second-order valence-electron chi connectivity index (χ2n) is 3.16. The number of aromatic nitrogens is 2. The van der Waals surface area contributed by atoms with Gasteiger partial charge >= 0.3 is 0 Å². The first-order valence-electron chi connectivity index (χ1n) is 4.46. The molecular weight excluding hydrogens is 178 g/mol. The number of anilines is 1. The molecule has 14 heavy (non-hydrogen) atoms. The van der Waals surface area contributed by atoms with Crippen molar-refractivity contribution < 1.29 is 4.74 Å². The van der Waals surface area contributed by atoms with Gasteiger partial charge in [0.2, 0.25) is 0 Å². The summed E-state index contributed by atoms with van der Waals surface area (Å²) in [7, 11) is 3.52. The summed E-state index contributed by atoms with van der Waals surface area (Å²) >= 11 is 0. The van der Waals surface area contributed by atoms with E-state index in [0.717, 1.165) is 22.6 Å². The second-order valence-corrected chi connectivity index (χ2v) is 3.16. The van der Waals surface area contributed by atoms with Gasteiger partial charge in [-0.1, -0.05) is 0 Å². The highest BCUT2D eigenvalue weighted by atomic mass is 16.5. The largest absolute Gasteiger partial charge is 0.493 e. The molecule has 0 amide bonds. The highest BCUT2D eigenvalue weighted by Crippen LogP contribution is 2.25. The van der Waals surface area contributed by atoms with Gasteiger partial charge in [-0.2, -0.15) is 5.10 Å². The van der Waals surface area contributed by atoms with Crippen molar-refractivity contribution in [3.05, 3.63) is 24.0 Å². The fourth-order valence-corrected chi connectivity index (χ4v) is 1.51. The summed E-state index contributed by atoms with van der Waals surface area (Å²) in [5.41, 5.74) is 3.04. The van der Waals surface area contributed by atoms with Crippen LogP contribution in [0.5, 0.6) is 5.75 Å². The first-order valence-corrected chi connectivity index (χ1v) is 4.46. The molecule has 0 fully saturated rings. The molecule has 0 bridgehead atoms. The highest BCUT2D eigenvalue weighted by molar-refractivity contribution is 5.65. The fraction of sp³-hybridized carbons (Fsp3) is 0.300. The Hall–Kier alpha value is -1.71. The lowest BCUT2D eigenvalue weighted by Crippen LogP contribution is -1.97. The number of aryl methyl sites for hydroxylation is 1. The van der Waals surface area contributed by atoms with Gasteiger partial charge in [-0.15, -0.1) is 0 Å². The smallest absolute Gasteiger partial charge is 0.160 e. The molecule has 0 unspecified atom stereocenters. The summed E-state index contributed by atoms with van der Waals surface area (Å²) < 4.78 is 7.04. The summed E-state index contributed by atoms with van der Waals surface area (Å²) in [5, 5.41) is 7.39. The van der Waals surface area contributed by atoms with Crippen molar-refractivity contribution in [1.29, 1.82) is 0 Å². The topological polar surface area (TPSA) is 38.6 Å². The summed E-state index contributed by atoms with van der Waals surface area (Å²) in [6, 6.07) is 4.04. The van der Waals surface area contributed by atoms with E-state index in [-0.39, 0.29) is 0 Å². The Labute approximate surface area is 82.5 Å². The van der Waals surface area contributed by atoms with Crippen LogP contribution in [0.25, 0.3) is 5.52 Å². The molecule has 2 aromatic heterocycles. The van der Waals surface area contributed by atoms with Crippen LogP contribution in [0, 0.1) is 6.92 Å². The molecule has 0 radical (unpaired) electrons. The number of rotatable bonds is 2. The fourth-order valence-electron chi connectivity index (χ4n) is 1.51. The highest BCUT2D eigenvalue weighted by Gasteiger charge is 2.05. The Morgan fingerprint density at radius 2 is 2.21 bits per heavy atom. The van der Waals surface area contributed by atoms with E-state index in [4.69, 9.17) is 4.74 Å². The van der Waals surface area contributed by atoms with Gasteiger partial charge in [-0.25, -0.2) is 4.52 Å². The molecule has 0 aliphatic rings. The molecule has 0 spiro atoms. The average molecular weight is 191 g/mol. The maximum atomic E-state index is 5.23. The monoisotopic (exact) mass is 191 g/mol. The maximum absolute atomic E-state index is 5.23. The van der Waals surface area contributed by atoms with Crippen molar-refractivity contribution in [3.63, 3.8) is 0 Å². The molecule has 0 aliphatic carbocycles. The van der Waals surface area contributed by atoms with Gasteiger partial charge in [0.05, 0.1) is 30.2 Å². The Morgan fingerprint density at radius 3 is 2.86 bits per heavy atom. The number of fused-ring (bicyclic) bond motifs is 1. The number of ether oxygens (including phenoxy) is 1. The zero-order chi connectivity index (χ0) is 10.1. The van der Waals surface area contributed by atoms with Crippen molar-refractivity contribution in [3.8, 4) is 5.75 Å². The third-order valence-corrected chi connectivity index (χ3v) is 2.17. The summed E-state index contributed by atoms with van der Waals surface area (Å²) in [5.74, 6) is 0.795. The first kappa shape index (κ1) is 8.87. The molecule has 0 atom stereocenters. The predicted octanol–water partition coefficient (Wildman–Crippen LogP) is 1.69. The number of nitrogens with zero attached hydrogens (tertiary/aromatic N) is 2. The molecule has 74 valence electrons. The first-order chi connectivity index (χ1) is 6.74.